The fraction of sp³-hybridized carbons (Fsp3) is 0.281. The van der Waals surface area contributed by atoms with Crippen LogP contribution in [0.2, 0.25) is 0 Å². The smallest absolute Gasteiger partial charge is 0.408 e. The Labute approximate surface area is 240 Å². The van der Waals surface area contributed by atoms with E-state index < -0.39 is 35.6 Å². The molecule has 0 saturated heterocycles. The number of amides is 3. The third-order valence-corrected chi connectivity index (χ3v) is 6.61. The Bertz CT molecular complexity index is 1420. The molecule has 0 aromatic heterocycles. The van der Waals surface area contributed by atoms with Gasteiger partial charge in [0.2, 0.25) is 0 Å². The van der Waals surface area contributed by atoms with Gasteiger partial charge in [0.1, 0.15) is 17.7 Å². The van der Waals surface area contributed by atoms with Crippen LogP contribution in [0.5, 0.6) is 0 Å². The summed E-state index contributed by atoms with van der Waals surface area (Å²) in [5.41, 5.74) is 1.07. The maximum absolute atomic E-state index is 13.9. The van der Waals surface area contributed by atoms with E-state index in [4.69, 9.17) is 11.2 Å². The summed E-state index contributed by atoms with van der Waals surface area (Å²) in [5.74, 6) is -0.515. The highest BCUT2D eigenvalue weighted by atomic mass is 32.2. The lowest BCUT2D eigenvalue weighted by Crippen LogP contribution is -2.51. The fourth-order valence-corrected chi connectivity index (χ4v) is 4.60. The van der Waals surface area contributed by atoms with Crippen LogP contribution in [0.4, 0.5) is 10.5 Å². The average Bonchev–Trinajstić information content (AvgIpc) is 2.92. The molecule has 3 aromatic rings. The van der Waals surface area contributed by atoms with E-state index >= 15 is 0 Å². The first kappa shape index (κ1) is 30.3. The first-order valence-electron chi connectivity index (χ1n) is 12.9. The van der Waals surface area contributed by atoms with Gasteiger partial charge in [0.15, 0.2) is 0 Å². The van der Waals surface area contributed by atoms with Crippen LogP contribution in [-0.4, -0.2) is 46.5 Å². The fourth-order valence-electron chi connectivity index (χ4n) is 4.13. The Morgan fingerprint density at radius 1 is 1.07 bits per heavy atom. The number of benzene rings is 3. The Kier molecular flexibility index (Phi) is 10.4. The van der Waals surface area contributed by atoms with E-state index in [1.54, 1.807) is 51.1 Å². The molecule has 3 rings (SSSR count). The molecule has 0 fully saturated rings. The Morgan fingerprint density at radius 2 is 1.80 bits per heavy atom. The van der Waals surface area contributed by atoms with Crippen LogP contribution in [-0.2, 0) is 14.3 Å². The summed E-state index contributed by atoms with van der Waals surface area (Å²) < 4.78 is 5.38. The normalized spacial score (nSPS) is 12.5. The summed E-state index contributed by atoms with van der Waals surface area (Å²) in [6.07, 6.45) is 8.99. The molecular formula is C32H35N3O4S. The summed E-state index contributed by atoms with van der Waals surface area (Å²) in [6.45, 7) is 9.02. The van der Waals surface area contributed by atoms with Crippen molar-refractivity contribution in [3.05, 3.63) is 84.4 Å². The second kappa shape index (κ2) is 13.7. The number of thioether (sulfide) groups is 1. The van der Waals surface area contributed by atoms with Crippen LogP contribution >= 0.6 is 11.8 Å². The molecule has 3 aromatic carbocycles. The number of alkyl carbamates (subject to hydrolysis) is 1. The van der Waals surface area contributed by atoms with Crippen LogP contribution in [0.15, 0.2) is 73.3 Å². The Balaban J connectivity index is 1.99. The minimum absolute atomic E-state index is 0.295. The predicted molar refractivity (Wildman–Crippen MR) is 164 cm³/mol. The second-order valence-corrected chi connectivity index (χ2v) is 11.1. The highest BCUT2D eigenvalue weighted by molar-refractivity contribution is 7.98. The highest BCUT2D eigenvalue weighted by Crippen LogP contribution is 2.27. The zero-order valence-electron chi connectivity index (χ0n) is 23.3. The van der Waals surface area contributed by atoms with Crippen molar-refractivity contribution in [2.24, 2.45) is 0 Å². The van der Waals surface area contributed by atoms with Crippen LogP contribution < -0.4 is 10.6 Å². The van der Waals surface area contributed by atoms with E-state index in [-0.39, 0.29) is 0 Å². The maximum Gasteiger partial charge on any atom is 0.408 e. The molecule has 0 radical (unpaired) electrons. The molecule has 0 bridgehead atoms. The van der Waals surface area contributed by atoms with Crippen molar-refractivity contribution >= 4 is 52.2 Å². The lowest BCUT2D eigenvalue weighted by Gasteiger charge is -2.30. The molecular weight excluding hydrogens is 522 g/mol. The first-order chi connectivity index (χ1) is 19.1. The van der Waals surface area contributed by atoms with Crippen molar-refractivity contribution in [1.82, 2.24) is 10.2 Å². The number of terminal acetylenes is 1. The molecule has 2 unspecified atom stereocenters. The lowest BCUT2D eigenvalue weighted by atomic mass is 10.0. The van der Waals surface area contributed by atoms with E-state index in [0.29, 0.717) is 23.4 Å². The minimum Gasteiger partial charge on any atom is -0.444 e. The predicted octanol–water partition coefficient (Wildman–Crippen LogP) is 6.23. The molecule has 2 atom stereocenters. The number of hydrogen-bond donors (Lipinski definition) is 2. The van der Waals surface area contributed by atoms with Gasteiger partial charge in [0, 0.05) is 11.7 Å². The number of carbonyl (C=O) groups excluding carboxylic acids is 3. The maximum atomic E-state index is 13.9. The zero-order chi connectivity index (χ0) is 29.3. The van der Waals surface area contributed by atoms with Gasteiger partial charge >= 0.3 is 6.09 Å². The monoisotopic (exact) mass is 557 g/mol. The van der Waals surface area contributed by atoms with Crippen molar-refractivity contribution in [3.8, 4) is 12.5 Å². The van der Waals surface area contributed by atoms with Gasteiger partial charge in [-0.3, -0.25) is 14.5 Å². The molecule has 0 aliphatic heterocycles. The summed E-state index contributed by atoms with van der Waals surface area (Å²) in [7, 11) is 0. The summed E-state index contributed by atoms with van der Waals surface area (Å²) in [6, 6.07) is 20.7. The molecule has 8 heteroatoms. The summed E-state index contributed by atoms with van der Waals surface area (Å²) in [5, 5.41) is 7.56. The van der Waals surface area contributed by atoms with Gasteiger partial charge < -0.3 is 15.4 Å². The third kappa shape index (κ3) is 8.14. The minimum atomic E-state index is -1.18. The molecule has 7 nitrogen and oxygen atoms in total. The van der Waals surface area contributed by atoms with Crippen molar-refractivity contribution in [2.45, 2.75) is 44.9 Å². The van der Waals surface area contributed by atoms with Gasteiger partial charge in [-0.05, 0) is 79.3 Å². The lowest BCUT2D eigenvalue weighted by molar-refractivity contribution is -0.136. The highest BCUT2D eigenvalue weighted by Gasteiger charge is 2.36. The number of ether oxygens (including phenoxy) is 1. The van der Waals surface area contributed by atoms with Gasteiger partial charge in [-0.2, -0.15) is 11.8 Å². The molecule has 208 valence electrons. The number of hydrogen-bond acceptors (Lipinski definition) is 5. The van der Waals surface area contributed by atoms with Crippen molar-refractivity contribution in [2.75, 3.05) is 17.3 Å². The first-order valence-corrected chi connectivity index (χ1v) is 14.3. The average molecular weight is 558 g/mol. The number of carbonyl (C=O) groups is 3. The zero-order valence-corrected chi connectivity index (χ0v) is 24.1. The topological polar surface area (TPSA) is 87.7 Å². The molecule has 0 heterocycles. The SMILES string of the molecule is C#CN(C(=O)C(CCSC)NC(=O)OC(C)(C)C)C(C(=O)Nc1ccc2ccccc2c1)c1cccc(C=C)c1. The van der Waals surface area contributed by atoms with Crippen LogP contribution in [0.25, 0.3) is 16.8 Å². The largest absolute Gasteiger partial charge is 0.444 e. The molecule has 40 heavy (non-hydrogen) atoms. The van der Waals surface area contributed by atoms with Crippen LogP contribution in [0.3, 0.4) is 0 Å². The number of nitrogens with zero attached hydrogens (tertiary/aromatic N) is 1. The van der Waals surface area contributed by atoms with Gasteiger partial charge in [-0.1, -0.05) is 67.6 Å². The Morgan fingerprint density at radius 3 is 2.45 bits per heavy atom. The van der Waals surface area contributed by atoms with Crippen molar-refractivity contribution in [1.29, 1.82) is 0 Å². The van der Waals surface area contributed by atoms with E-state index in [9.17, 15) is 14.4 Å². The van der Waals surface area contributed by atoms with Gasteiger partial charge in [0.05, 0.1) is 0 Å². The molecule has 0 aliphatic carbocycles. The summed E-state index contributed by atoms with van der Waals surface area (Å²) >= 11 is 1.52. The molecule has 0 spiro atoms. The molecule has 0 saturated carbocycles. The molecule has 3 amide bonds. The van der Waals surface area contributed by atoms with Crippen LogP contribution in [0, 0.1) is 12.5 Å². The van der Waals surface area contributed by atoms with Crippen molar-refractivity contribution < 1.29 is 19.1 Å². The van der Waals surface area contributed by atoms with Gasteiger partial charge in [-0.15, -0.1) is 0 Å². The number of rotatable bonds is 10. The van der Waals surface area contributed by atoms with Gasteiger partial charge in [0.25, 0.3) is 11.8 Å². The van der Waals surface area contributed by atoms with Gasteiger partial charge in [-0.25, -0.2) is 4.79 Å². The van der Waals surface area contributed by atoms with E-state index in [2.05, 4.69) is 23.3 Å². The third-order valence-electron chi connectivity index (χ3n) is 5.96. The number of fused-ring (bicyclic) bond motifs is 1. The summed E-state index contributed by atoms with van der Waals surface area (Å²) in [4.78, 5) is 41.4. The van der Waals surface area contributed by atoms with Crippen LogP contribution in [0.1, 0.15) is 44.4 Å². The Hall–Kier alpha value is -4.22. The second-order valence-electron chi connectivity index (χ2n) is 10.1. The quantitative estimate of drug-likeness (QED) is 0.228. The number of anilines is 1. The molecule has 0 aliphatic rings. The van der Waals surface area contributed by atoms with E-state index in [1.165, 1.54) is 11.8 Å². The standard InChI is InChI=1S/C32H35N3O4S/c1-7-22-12-11-15-25(20-22)28(29(36)33-26-17-16-23-13-9-10-14-24(23)21-26)35(8-2)30(37)27(18-19-40-6)34-31(38)39-32(3,4)5/h2,7,9-17,20-21,27-28H,1,18-19H2,3-6H3,(H,33,36)(H,34,38). The number of nitrogens with one attached hydrogen (secondary N) is 2. The molecule has 2 N–H and O–H groups in total. The van der Waals surface area contributed by atoms with E-state index in [0.717, 1.165) is 21.2 Å². The van der Waals surface area contributed by atoms with E-state index in [1.807, 2.05) is 48.7 Å². The van der Waals surface area contributed by atoms with Crippen molar-refractivity contribution in [3.63, 3.8) is 0 Å².